The van der Waals surface area contributed by atoms with Crippen LogP contribution in [0.3, 0.4) is 0 Å². The third-order valence-electron chi connectivity index (χ3n) is 4.34. The molecule has 10 heteroatoms. The minimum absolute atomic E-state index is 0.109. The van der Waals surface area contributed by atoms with E-state index in [4.69, 9.17) is 0 Å². The predicted molar refractivity (Wildman–Crippen MR) is 119 cm³/mol. The van der Waals surface area contributed by atoms with E-state index in [2.05, 4.69) is 25.8 Å². The number of nitrogens with zero attached hydrogens (tertiary/aromatic N) is 4. The molecular weight excluding hydrogens is 420 g/mol. The van der Waals surface area contributed by atoms with Crippen molar-refractivity contribution in [3.8, 4) is 0 Å². The fraction of sp³-hybridized carbons (Fsp3) is 0.350. The van der Waals surface area contributed by atoms with Crippen LogP contribution in [0.15, 0.2) is 47.1 Å². The van der Waals surface area contributed by atoms with E-state index in [1.165, 1.54) is 23.1 Å². The monoisotopic (exact) mass is 444 g/mol. The van der Waals surface area contributed by atoms with Crippen LogP contribution in [0.5, 0.6) is 0 Å². The van der Waals surface area contributed by atoms with Gasteiger partial charge in [-0.1, -0.05) is 43.8 Å². The van der Waals surface area contributed by atoms with Crippen LogP contribution < -0.4 is 10.6 Å². The standard InChI is InChI=1S/C20H24N6O2S2/c1-4-26-17(16(13(2)3)23-18(28)14-8-6-5-7-9-14)24-25-20(26)30-12-15(27)22-19-21-10-11-29-19/h5-11,13,16H,4,12H2,1-3H3,(H,23,28)(H,21,22,27)/t16-/m1/s1. The second-order valence-electron chi connectivity index (χ2n) is 6.82. The normalized spacial score (nSPS) is 12.0. The maximum atomic E-state index is 12.7. The summed E-state index contributed by atoms with van der Waals surface area (Å²) in [5.74, 6) is 0.676. The number of carbonyl (C=O) groups is 2. The van der Waals surface area contributed by atoms with Crippen molar-refractivity contribution >= 4 is 40.0 Å². The molecule has 2 heterocycles. The van der Waals surface area contributed by atoms with Gasteiger partial charge in [0, 0.05) is 23.7 Å². The van der Waals surface area contributed by atoms with E-state index in [9.17, 15) is 9.59 Å². The van der Waals surface area contributed by atoms with E-state index >= 15 is 0 Å². The molecule has 0 unspecified atom stereocenters. The number of benzene rings is 1. The summed E-state index contributed by atoms with van der Waals surface area (Å²) in [6.07, 6.45) is 1.64. The zero-order valence-corrected chi connectivity index (χ0v) is 18.7. The van der Waals surface area contributed by atoms with Gasteiger partial charge in [-0.3, -0.25) is 9.59 Å². The van der Waals surface area contributed by atoms with Crippen molar-refractivity contribution in [2.24, 2.45) is 5.92 Å². The second-order valence-corrected chi connectivity index (χ2v) is 8.66. The minimum atomic E-state index is -0.302. The third kappa shape index (κ3) is 5.45. The molecule has 30 heavy (non-hydrogen) atoms. The van der Waals surface area contributed by atoms with Crippen LogP contribution in [0.2, 0.25) is 0 Å². The number of nitrogens with one attached hydrogen (secondary N) is 2. The highest BCUT2D eigenvalue weighted by Crippen LogP contribution is 2.25. The number of hydrogen-bond donors (Lipinski definition) is 2. The Bertz CT molecular complexity index is 973. The minimum Gasteiger partial charge on any atom is -0.342 e. The van der Waals surface area contributed by atoms with E-state index in [0.29, 0.717) is 28.2 Å². The second kappa shape index (κ2) is 10.4. The molecule has 0 spiro atoms. The summed E-state index contributed by atoms with van der Waals surface area (Å²) in [6, 6.07) is 8.79. The Morgan fingerprint density at radius 3 is 2.60 bits per heavy atom. The Morgan fingerprint density at radius 1 is 1.20 bits per heavy atom. The maximum absolute atomic E-state index is 12.7. The van der Waals surface area contributed by atoms with Crippen LogP contribution in [0.1, 0.15) is 43.0 Å². The average molecular weight is 445 g/mol. The van der Waals surface area contributed by atoms with Gasteiger partial charge in [0.05, 0.1) is 11.8 Å². The number of rotatable bonds is 9. The molecule has 2 aromatic heterocycles. The lowest BCUT2D eigenvalue weighted by Gasteiger charge is -2.22. The van der Waals surface area contributed by atoms with Gasteiger partial charge in [-0.15, -0.1) is 21.5 Å². The first-order valence-electron chi connectivity index (χ1n) is 9.60. The molecule has 0 fully saturated rings. The molecular formula is C20H24N6O2S2. The summed E-state index contributed by atoms with van der Waals surface area (Å²) in [4.78, 5) is 28.9. The number of carbonyl (C=O) groups excluding carboxylic acids is 2. The lowest BCUT2D eigenvalue weighted by atomic mass is 10.0. The Labute approximate surface area is 183 Å². The Balaban J connectivity index is 1.71. The molecule has 8 nitrogen and oxygen atoms in total. The highest BCUT2D eigenvalue weighted by molar-refractivity contribution is 7.99. The summed E-state index contributed by atoms with van der Waals surface area (Å²) in [5.41, 5.74) is 0.596. The number of thioether (sulfide) groups is 1. The molecule has 2 amide bonds. The van der Waals surface area contributed by atoms with Gasteiger partial charge in [0.1, 0.15) is 0 Å². The van der Waals surface area contributed by atoms with Crippen LogP contribution in [0.25, 0.3) is 0 Å². The zero-order chi connectivity index (χ0) is 21.5. The molecule has 0 aliphatic rings. The molecule has 0 bridgehead atoms. The zero-order valence-electron chi connectivity index (χ0n) is 17.0. The number of hydrogen-bond acceptors (Lipinski definition) is 7. The molecule has 0 saturated heterocycles. The molecule has 1 aromatic carbocycles. The number of amides is 2. The van der Waals surface area contributed by atoms with E-state index in [-0.39, 0.29) is 29.5 Å². The first kappa shape index (κ1) is 22.0. The van der Waals surface area contributed by atoms with E-state index in [1.807, 2.05) is 43.5 Å². The first-order valence-corrected chi connectivity index (χ1v) is 11.5. The molecule has 0 aliphatic heterocycles. The van der Waals surface area contributed by atoms with Crippen molar-refractivity contribution in [3.63, 3.8) is 0 Å². The molecule has 158 valence electrons. The Kier molecular flexibility index (Phi) is 7.58. The van der Waals surface area contributed by atoms with Crippen molar-refractivity contribution in [1.29, 1.82) is 0 Å². The maximum Gasteiger partial charge on any atom is 0.251 e. The van der Waals surface area contributed by atoms with Crippen molar-refractivity contribution in [1.82, 2.24) is 25.1 Å². The molecule has 0 radical (unpaired) electrons. The smallest absolute Gasteiger partial charge is 0.251 e. The number of aromatic nitrogens is 4. The summed E-state index contributed by atoms with van der Waals surface area (Å²) in [7, 11) is 0. The van der Waals surface area contributed by atoms with Gasteiger partial charge in [-0.2, -0.15) is 0 Å². The Hall–Kier alpha value is -2.72. The summed E-state index contributed by atoms with van der Waals surface area (Å²) in [5, 5.41) is 17.5. The van der Waals surface area contributed by atoms with E-state index in [1.54, 1.807) is 23.7 Å². The molecule has 1 atom stereocenters. The largest absolute Gasteiger partial charge is 0.342 e. The number of thiazole rings is 1. The first-order chi connectivity index (χ1) is 14.5. The van der Waals surface area contributed by atoms with Crippen molar-refractivity contribution in [3.05, 3.63) is 53.3 Å². The van der Waals surface area contributed by atoms with Crippen LogP contribution in [-0.2, 0) is 11.3 Å². The topological polar surface area (TPSA) is 102 Å². The van der Waals surface area contributed by atoms with Crippen molar-refractivity contribution in [2.45, 2.75) is 38.5 Å². The lowest BCUT2D eigenvalue weighted by molar-refractivity contribution is -0.113. The van der Waals surface area contributed by atoms with E-state index < -0.39 is 0 Å². The fourth-order valence-corrected chi connectivity index (χ4v) is 4.20. The quantitative estimate of drug-likeness (QED) is 0.489. The molecule has 0 aliphatic carbocycles. The average Bonchev–Trinajstić information content (AvgIpc) is 3.40. The fourth-order valence-electron chi connectivity index (χ4n) is 2.85. The van der Waals surface area contributed by atoms with Crippen LogP contribution in [0, 0.1) is 5.92 Å². The van der Waals surface area contributed by atoms with Gasteiger partial charge in [0.15, 0.2) is 16.1 Å². The van der Waals surface area contributed by atoms with E-state index in [0.717, 1.165) is 0 Å². The highest BCUT2D eigenvalue weighted by Gasteiger charge is 2.26. The molecule has 3 rings (SSSR count). The summed E-state index contributed by atoms with van der Waals surface area (Å²) < 4.78 is 1.94. The third-order valence-corrected chi connectivity index (χ3v) is 6.00. The van der Waals surface area contributed by atoms with Crippen molar-refractivity contribution < 1.29 is 9.59 Å². The van der Waals surface area contributed by atoms with Gasteiger partial charge in [0.2, 0.25) is 5.91 Å². The van der Waals surface area contributed by atoms with Gasteiger partial charge in [-0.25, -0.2) is 4.98 Å². The SMILES string of the molecule is CCn1c(SCC(=O)Nc2nccs2)nnc1[C@H](NC(=O)c1ccccc1)C(C)C. The van der Waals surface area contributed by atoms with Gasteiger partial charge < -0.3 is 15.2 Å². The van der Waals surface area contributed by atoms with Gasteiger partial charge in [0.25, 0.3) is 5.91 Å². The summed E-state index contributed by atoms with van der Waals surface area (Å²) >= 11 is 2.68. The van der Waals surface area contributed by atoms with Crippen LogP contribution in [-0.4, -0.2) is 37.3 Å². The van der Waals surface area contributed by atoms with Gasteiger partial charge >= 0.3 is 0 Å². The van der Waals surface area contributed by atoms with Crippen LogP contribution in [0.4, 0.5) is 5.13 Å². The lowest BCUT2D eigenvalue weighted by Crippen LogP contribution is -2.33. The molecule has 3 aromatic rings. The highest BCUT2D eigenvalue weighted by atomic mass is 32.2. The van der Waals surface area contributed by atoms with Crippen LogP contribution >= 0.6 is 23.1 Å². The molecule has 2 N–H and O–H groups in total. The van der Waals surface area contributed by atoms with Gasteiger partial charge in [-0.05, 0) is 25.0 Å². The number of anilines is 1. The Morgan fingerprint density at radius 2 is 1.97 bits per heavy atom. The van der Waals surface area contributed by atoms with Crippen molar-refractivity contribution in [2.75, 3.05) is 11.1 Å². The molecule has 0 saturated carbocycles. The summed E-state index contributed by atoms with van der Waals surface area (Å²) in [6.45, 7) is 6.67. The predicted octanol–water partition coefficient (Wildman–Crippen LogP) is 3.61.